The second kappa shape index (κ2) is 4.72. The Morgan fingerprint density at radius 2 is 2.13 bits per heavy atom. The van der Waals surface area contributed by atoms with Gasteiger partial charge in [-0.2, -0.15) is 5.26 Å². The van der Waals surface area contributed by atoms with Crippen LogP contribution in [-0.2, 0) is 6.42 Å². The number of hydrogen-bond donors (Lipinski definition) is 1. The number of nitro benzene ring substituents is 1. The van der Waals surface area contributed by atoms with Crippen molar-refractivity contribution in [3.05, 3.63) is 39.9 Å². The van der Waals surface area contributed by atoms with Crippen LogP contribution in [0.3, 0.4) is 0 Å². The minimum Gasteiger partial charge on any atom is -0.410 e. The molecule has 1 aromatic rings. The summed E-state index contributed by atoms with van der Waals surface area (Å²) in [5.74, 6) is 0. The second-order valence-corrected chi connectivity index (χ2v) is 2.76. The molecule has 0 atom stereocenters. The highest BCUT2D eigenvalue weighted by molar-refractivity contribution is 5.99. The van der Waals surface area contributed by atoms with E-state index in [0.29, 0.717) is 5.56 Å². The maximum atomic E-state index is 10.3. The SMILES string of the molecule is N#C/C(Cc1ccc([N+](=O)[O-])cc1)=N\O. The van der Waals surface area contributed by atoms with Gasteiger partial charge >= 0.3 is 0 Å². The summed E-state index contributed by atoms with van der Waals surface area (Å²) in [6, 6.07) is 7.40. The topological polar surface area (TPSA) is 99.5 Å². The van der Waals surface area contributed by atoms with E-state index in [4.69, 9.17) is 10.5 Å². The largest absolute Gasteiger partial charge is 0.410 e. The molecule has 6 nitrogen and oxygen atoms in total. The highest BCUT2D eigenvalue weighted by atomic mass is 16.6. The lowest BCUT2D eigenvalue weighted by molar-refractivity contribution is -0.384. The van der Waals surface area contributed by atoms with Gasteiger partial charge in [0.05, 0.1) is 4.92 Å². The standard InChI is InChI=1S/C9H7N3O3/c10-6-8(11-13)5-7-1-3-9(4-2-7)12(14)15/h1-4,13H,5H2/b11-8-. The first-order valence-corrected chi connectivity index (χ1v) is 4.01. The molecule has 0 heterocycles. The maximum Gasteiger partial charge on any atom is 0.269 e. The third kappa shape index (κ3) is 2.77. The number of rotatable bonds is 3. The van der Waals surface area contributed by atoms with Crippen LogP contribution in [-0.4, -0.2) is 15.8 Å². The molecule has 0 spiro atoms. The van der Waals surface area contributed by atoms with E-state index < -0.39 is 4.92 Å². The van der Waals surface area contributed by atoms with Gasteiger partial charge in [-0.3, -0.25) is 10.1 Å². The van der Waals surface area contributed by atoms with E-state index in [9.17, 15) is 10.1 Å². The molecule has 1 N–H and O–H groups in total. The van der Waals surface area contributed by atoms with Crippen LogP contribution in [0.4, 0.5) is 5.69 Å². The first-order chi connectivity index (χ1) is 7.17. The van der Waals surface area contributed by atoms with Crippen LogP contribution in [0.1, 0.15) is 5.56 Å². The molecule has 15 heavy (non-hydrogen) atoms. The molecule has 0 unspecified atom stereocenters. The number of hydrogen-bond acceptors (Lipinski definition) is 5. The lowest BCUT2D eigenvalue weighted by Gasteiger charge is -1.97. The molecule has 0 saturated heterocycles. The summed E-state index contributed by atoms with van der Waals surface area (Å²) in [5, 5.41) is 30.0. The van der Waals surface area contributed by atoms with Crippen LogP contribution in [0.25, 0.3) is 0 Å². The number of nitriles is 1. The Morgan fingerprint density at radius 1 is 1.53 bits per heavy atom. The quantitative estimate of drug-likeness (QED) is 0.349. The fraction of sp³-hybridized carbons (Fsp3) is 0.111. The van der Waals surface area contributed by atoms with Gasteiger partial charge < -0.3 is 5.21 Å². The number of nitrogens with zero attached hydrogens (tertiary/aromatic N) is 3. The average Bonchev–Trinajstić information content (AvgIpc) is 2.26. The second-order valence-electron chi connectivity index (χ2n) is 2.76. The normalized spacial score (nSPS) is 10.7. The molecule has 1 rings (SSSR count). The molecule has 0 aliphatic carbocycles. The molecular weight excluding hydrogens is 198 g/mol. The van der Waals surface area contributed by atoms with Crippen molar-refractivity contribution in [2.24, 2.45) is 5.16 Å². The Balaban J connectivity index is 2.82. The molecule has 0 aliphatic heterocycles. The lowest BCUT2D eigenvalue weighted by Crippen LogP contribution is -1.99. The van der Waals surface area contributed by atoms with Gasteiger partial charge in [0.2, 0.25) is 0 Å². The smallest absolute Gasteiger partial charge is 0.269 e. The van der Waals surface area contributed by atoms with Crippen LogP contribution in [0, 0.1) is 21.4 Å². The Bertz CT molecular complexity index is 431. The fourth-order valence-corrected chi connectivity index (χ4v) is 1.03. The van der Waals surface area contributed by atoms with Gasteiger partial charge in [-0.05, 0) is 5.56 Å². The van der Waals surface area contributed by atoms with Gasteiger partial charge in [0.15, 0.2) is 5.71 Å². The number of non-ortho nitro benzene ring substituents is 1. The Labute approximate surface area is 85.2 Å². The van der Waals surface area contributed by atoms with E-state index in [1.807, 2.05) is 0 Å². The van der Waals surface area contributed by atoms with Crippen molar-refractivity contribution in [2.45, 2.75) is 6.42 Å². The molecule has 0 amide bonds. The molecule has 0 fully saturated rings. The summed E-state index contributed by atoms with van der Waals surface area (Å²) < 4.78 is 0. The minimum atomic E-state index is -0.505. The highest BCUT2D eigenvalue weighted by Gasteiger charge is 2.05. The van der Waals surface area contributed by atoms with E-state index in [0.717, 1.165) is 0 Å². The summed E-state index contributed by atoms with van der Waals surface area (Å²) in [7, 11) is 0. The van der Waals surface area contributed by atoms with Gasteiger partial charge in [0, 0.05) is 18.6 Å². The van der Waals surface area contributed by atoms with Crippen molar-refractivity contribution >= 4 is 11.4 Å². The summed E-state index contributed by atoms with van der Waals surface area (Å²) >= 11 is 0. The van der Waals surface area contributed by atoms with Gasteiger partial charge in [0.1, 0.15) is 6.07 Å². The van der Waals surface area contributed by atoms with Crippen molar-refractivity contribution in [1.29, 1.82) is 5.26 Å². The third-order valence-electron chi connectivity index (χ3n) is 1.77. The summed E-state index contributed by atoms with van der Waals surface area (Å²) in [4.78, 5) is 9.83. The number of benzene rings is 1. The zero-order chi connectivity index (χ0) is 11.3. The van der Waals surface area contributed by atoms with E-state index in [-0.39, 0.29) is 17.8 Å². The van der Waals surface area contributed by atoms with Gasteiger partial charge in [0.25, 0.3) is 5.69 Å². The molecule has 6 heteroatoms. The molecule has 76 valence electrons. The van der Waals surface area contributed by atoms with Crippen LogP contribution in [0.5, 0.6) is 0 Å². The molecule has 1 aromatic carbocycles. The van der Waals surface area contributed by atoms with Crippen molar-refractivity contribution < 1.29 is 10.1 Å². The first-order valence-electron chi connectivity index (χ1n) is 4.01. The van der Waals surface area contributed by atoms with Crippen molar-refractivity contribution in [3.63, 3.8) is 0 Å². The number of nitro groups is 1. The first kappa shape index (κ1) is 10.7. The predicted molar refractivity (Wildman–Crippen MR) is 51.6 cm³/mol. The lowest BCUT2D eigenvalue weighted by atomic mass is 10.1. The molecular formula is C9H7N3O3. The van der Waals surface area contributed by atoms with Crippen molar-refractivity contribution in [1.82, 2.24) is 0 Å². The van der Waals surface area contributed by atoms with Gasteiger partial charge in [-0.25, -0.2) is 0 Å². The van der Waals surface area contributed by atoms with E-state index in [1.165, 1.54) is 24.3 Å². The molecule has 0 saturated carbocycles. The molecule has 0 bridgehead atoms. The molecule has 0 aliphatic rings. The van der Waals surface area contributed by atoms with E-state index >= 15 is 0 Å². The monoisotopic (exact) mass is 205 g/mol. The van der Waals surface area contributed by atoms with Crippen molar-refractivity contribution in [2.75, 3.05) is 0 Å². The van der Waals surface area contributed by atoms with Gasteiger partial charge in [-0.15, -0.1) is 0 Å². The third-order valence-corrected chi connectivity index (χ3v) is 1.77. The zero-order valence-electron chi connectivity index (χ0n) is 7.62. The average molecular weight is 205 g/mol. The van der Waals surface area contributed by atoms with Crippen LogP contribution < -0.4 is 0 Å². The van der Waals surface area contributed by atoms with Crippen LogP contribution >= 0.6 is 0 Å². The maximum absolute atomic E-state index is 10.3. The fourth-order valence-electron chi connectivity index (χ4n) is 1.03. The predicted octanol–water partition coefficient (Wildman–Crippen LogP) is 1.49. The Morgan fingerprint density at radius 3 is 2.53 bits per heavy atom. The Hall–Kier alpha value is -2.42. The van der Waals surface area contributed by atoms with Crippen molar-refractivity contribution in [3.8, 4) is 6.07 Å². The van der Waals surface area contributed by atoms with Crippen LogP contribution in [0.2, 0.25) is 0 Å². The highest BCUT2D eigenvalue weighted by Crippen LogP contribution is 2.12. The van der Waals surface area contributed by atoms with E-state index in [2.05, 4.69) is 5.16 Å². The van der Waals surface area contributed by atoms with E-state index in [1.54, 1.807) is 6.07 Å². The van der Waals surface area contributed by atoms with Crippen LogP contribution in [0.15, 0.2) is 29.4 Å². The summed E-state index contributed by atoms with van der Waals surface area (Å²) in [5.41, 5.74) is 0.622. The summed E-state index contributed by atoms with van der Waals surface area (Å²) in [6.45, 7) is 0. The van der Waals surface area contributed by atoms with Gasteiger partial charge in [-0.1, -0.05) is 17.3 Å². The minimum absolute atomic E-state index is 0.0156. The summed E-state index contributed by atoms with van der Waals surface area (Å²) in [6.07, 6.45) is 0.158. The zero-order valence-corrected chi connectivity index (χ0v) is 7.62. The Kier molecular flexibility index (Phi) is 3.35. The molecule has 0 aromatic heterocycles. The number of oxime groups is 1. The molecule has 0 radical (unpaired) electrons.